The molecule has 2 rings (SSSR count). The van der Waals surface area contributed by atoms with Gasteiger partial charge in [0.15, 0.2) is 0 Å². The largest absolute Gasteiger partial charge is 0.506 e. The minimum atomic E-state index is -0.842. The van der Waals surface area contributed by atoms with E-state index in [0.717, 1.165) is 50.8 Å². The molecule has 1 saturated heterocycles. The predicted octanol–water partition coefficient (Wildman–Crippen LogP) is 1.21. The summed E-state index contributed by atoms with van der Waals surface area (Å²) < 4.78 is 0. The van der Waals surface area contributed by atoms with Gasteiger partial charge in [0.05, 0.1) is 6.21 Å². The molecule has 126 valence electrons. The molecule has 8 heteroatoms. The molecule has 8 nitrogen and oxygen atoms in total. The van der Waals surface area contributed by atoms with Crippen molar-refractivity contribution in [1.82, 2.24) is 14.8 Å². The van der Waals surface area contributed by atoms with E-state index in [1.165, 1.54) is 4.90 Å². The lowest BCUT2D eigenvalue weighted by molar-refractivity contribution is 0.105. The van der Waals surface area contributed by atoms with E-state index in [0.29, 0.717) is 13.1 Å². The highest BCUT2D eigenvalue weighted by molar-refractivity contribution is 5.80. The van der Waals surface area contributed by atoms with Crippen LogP contribution in [0.4, 0.5) is 4.79 Å². The first-order valence-electron chi connectivity index (χ1n) is 7.66. The number of carbonyl (C=O) groups is 1. The number of pyridine rings is 1. The summed E-state index contributed by atoms with van der Waals surface area (Å²) in [7, 11) is 0. The van der Waals surface area contributed by atoms with E-state index in [9.17, 15) is 9.90 Å². The van der Waals surface area contributed by atoms with Crippen molar-refractivity contribution in [1.29, 1.82) is 0 Å². The second-order valence-electron chi connectivity index (χ2n) is 5.52. The minimum absolute atomic E-state index is 0.0112. The van der Waals surface area contributed by atoms with Crippen LogP contribution in [0, 0.1) is 0 Å². The predicted molar refractivity (Wildman–Crippen MR) is 84.3 cm³/mol. The zero-order chi connectivity index (χ0) is 16.7. The van der Waals surface area contributed by atoms with Gasteiger partial charge >= 0.3 is 6.09 Å². The average molecular weight is 322 g/mol. The Labute approximate surface area is 134 Å². The fourth-order valence-electron chi connectivity index (χ4n) is 2.60. The lowest BCUT2D eigenvalue weighted by Gasteiger charge is -2.33. The van der Waals surface area contributed by atoms with E-state index in [-0.39, 0.29) is 11.4 Å². The molecule has 0 aromatic carbocycles. The Morgan fingerprint density at radius 3 is 2.65 bits per heavy atom. The fourth-order valence-corrected chi connectivity index (χ4v) is 2.60. The van der Waals surface area contributed by atoms with E-state index in [1.807, 2.05) is 0 Å². The number of nitrogens with zero attached hydrogens (tertiary/aromatic N) is 4. The fraction of sp³-hybridized carbons (Fsp3) is 0.533. The molecular weight excluding hydrogens is 300 g/mol. The van der Waals surface area contributed by atoms with Crippen LogP contribution in [0.5, 0.6) is 5.75 Å². The summed E-state index contributed by atoms with van der Waals surface area (Å²) in [5.74, 6) is -0.0112. The minimum Gasteiger partial charge on any atom is -0.506 e. The smallest absolute Gasteiger partial charge is 0.407 e. The number of aromatic hydroxyl groups is 1. The first kappa shape index (κ1) is 17.0. The lowest BCUT2D eigenvalue weighted by Crippen LogP contribution is -2.48. The Bertz CT molecular complexity index is 556. The topological polar surface area (TPSA) is 109 Å². The monoisotopic (exact) mass is 322 g/mol. The summed E-state index contributed by atoms with van der Waals surface area (Å²) in [6, 6.07) is 3.31. The number of aryl methyl sites for hydroxylation is 1. The number of oxime groups is 1. The van der Waals surface area contributed by atoms with Gasteiger partial charge in [-0.3, -0.25) is 4.90 Å². The maximum Gasteiger partial charge on any atom is 0.407 e. The maximum absolute atomic E-state index is 10.8. The summed E-state index contributed by atoms with van der Waals surface area (Å²) in [4.78, 5) is 18.8. The first-order valence-corrected chi connectivity index (χ1v) is 7.66. The standard InChI is InChI=1S/C15H22N4O4/c20-14-5-4-12(17-13(14)11-16-23)3-1-2-6-18-7-9-19(10-8-18)15(21)22/h4-5,11,20,23H,1-3,6-10H2,(H,21,22). The van der Waals surface area contributed by atoms with E-state index >= 15 is 0 Å². The molecule has 2 heterocycles. The van der Waals surface area contributed by atoms with E-state index < -0.39 is 6.09 Å². The zero-order valence-electron chi connectivity index (χ0n) is 12.9. The number of piperazine rings is 1. The van der Waals surface area contributed by atoms with Crippen molar-refractivity contribution in [2.24, 2.45) is 5.16 Å². The molecule has 0 saturated carbocycles. The molecule has 0 bridgehead atoms. The molecule has 1 amide bonds. The van der Waals surface area contributed by atoms with Crippen molar-refractivity contribution in [3.63, 3.8) is 0 Å². The zero-order valence-corrected chi connectivity index (χ0v) is 12.9. The van der Waals surface area contributed by atoms with Crippen LogP contribution in [-0.4, -0.2) is 75.2 Å². The quantitative estimate of drug-likeness (QED) is 0.314. The third-order valence-electron chi connectivity index (χ3n) is 3.94. The van der Waals surface area contributed by atoms with E-state index in [4.69, 9.17) is 10.3 Å². The van der Waals surface area contributed by atoms with Crippen molar-refractivity contribution in [2.45, 2.75) is 19.3 Å². The highest BCUT2D eigenvalue weighted by Crippen LogP contribution is 2.14. The van der Waals surface area contributed by atoms with Gasteiger partial charge in [-0.1, -0.05) is 5.16 Å². The third-order valence-corrected chi connectivity index (χ3v) is 3.94. The number of rotatable bonds is 6. The summed E-state index contributed by atoms with van der Waals surface area (Å²) in [6.45, 7) is 3.63. The first-order chi connectivity index (χ1) is 11.1. The molecule has 0 radical (unpaired) electrons. The molecule has 1 aromatic rings. The summed E-state index contributed by atoms with van der Waals surface area (Å²) in [5, 5.41) is 29.9. The van der Waals surface area contributed by atoms with Crippen LogP contribution < -0.4 is 0 Å². The van der Waals surface area contributed by atoms with Crippen LogP contribution in [-0.2, 0) is 6.42 Å². The molecule has 23 heavy (non-hydrogen) atoms. The van der Waals surface area contributed by atoms with Gasteiger partial charge in [0.2, 0.25) is 0 Å². The Hall–Kier alpha value is -2.35. The Kier molecular flexibility index (Phi) is 6.16. The number of hydrogen-bond acceptors (Lipinski definition) is 6. The van der Waals surface area contributed by atoms with Crippen molar-refractivity contribution in [3.05, 3.63) is 23.5 Å². The van der Waals surface area contributed by atoms with Gasteiger partial charge in [-0.05, 0) is 37.9 Å². The van der Waals surface area contributed by atoms with Crippen LogP contribution in [0.1, 0.15) is 24.2 Å². The normalized spacial score (nSPS) is 16.1. The van der Waals surface area contributed by atoms with Crippen LogP contribution in [0.2, 0.25) is 0 Å². The second-order valence-corrected chi connectivity index (χ2v) is 5.52. The van der Waals surface area contributed by atoms with Gasteiger partial charge in [0, 0.05) is 31.9 Å². The summed E-state index contributed by atoms with van der Waals surface area (Å²) in [6.07, 6.45) is 3.00. The molecule has 0 aliphatic carbocycles. The Morgan fingerprint density at radius 2 is 2.00 bits per heavy atom. The molecule has 0 atom stereocenters. The molecule has 0 spiro atoms. The maximum atomic E-state index is 10.8. The van der Waals surface area contributed by atoms with Crippen molar-refractivity contribution >= 4 is 12.3 Å². The number of amides is 1. The van der Waals surface area contributed by atoms with Gasteiger partial charge in [-0.25, -0.2) is 9.78 Å². The van der Waals surface area contributed by atoms with E-state index in [2.05, 4.69) is 15.0 Å². The van der Waals surface area contributed by atoms with Gasteiger partial charge in [0.1, 0.15) is 11.4 Å². The van der Waals surface area contributed by atoms with Crippen LogP contribution in [0.3, 0.4) is 0 Å². The lowest BCUT2D eigenvalue weighted by atomic mass is 10.1. The number of hydrogen-bond donors (Lipinski definition) is 3. The molecule has 1 aliphatic heterocycles. The SMILES string of the molecule is O=C(O)N1CCN(CCCCc2ccc(O)c(C=NO)n2)CC1. The summed E-state index contributed by atoms with van der Waals surface area (Å²) >= 11 is 0. The molecule has 3 N–H and O–H groups in total. The Morgan fingerprint density at radius 1 is 1.26 bits per heavy atom. The summed E-state index contributed by atoms with van der Waals surface area (Å²) in [5.41, 5.74) is 1.10. The van der Waals surface area contributed by atoms with Gasteiger partial charge in [0.25, 0.3) is 0 Å². The second kappa shape index (κ2) is 8.33. The van der Waals surface area contributed by atoms with Crippen LogP contribution in [0.15, 0.2) is 17.3 Å². The number of aromatic nitrogens is 1. The van der Waals surface area contributed by atoms with Crippen molar-refractivity contribution in [2.75, 3.05) is 32.7 Å². The van der Waals surface area contributed by atoms with Gasteiger partial charge in [-0.2, -0.15) is 0 Å². The molecular formula is C15H22N4O4. The van der Waals surface area contributed by atoms with Crippen molar-refractivity contribution < 1.29 is 20.2 Å². The van der Waals surface area contributed by atoms with Crippen LogP contribution >= 0.6 is 0 Å². The molecule has 1 aromatic heterocycles. The van der Waals surface area contributed by atoms with Crippen molar-refractivity contribution in [3.8, 4) is 5.75 Å². The highest BCUT2D eigenvalue weighted by Gasteiger charge is 2.19. The Balaban J connectivity index is 1.70. The van der Waals surface area contributed by atoms with Gasteiger partial charge < -0.3 is 20.3 Å². The van der Waals surface area contributed by atoms with E-state index in [1.54, 1.807) is 12.1 Å². The third kappa shape index (κ3) is 5.10. The molecule has 0 unspecified atom stereocenters. The van der Waals surface area contributed by atoms with Crippen LogP contribution in [0.25, 0.3) is 0 Å². The average Bonchev–Trinajstić information content (AvgIpc) is 2.55. The highest BCUT2D eigenvalue weighted by atomic mass is 16.4. The van der Waals surface area contributed by atoms with Gasteiger partial charge in [-0.15, -0.1) is 0 Å². The number of carboxylic acid groups (broad SMARTS) is 1. The number of unbranched alkanes of at least 4 members (excludes halogenated alkanes) is 1. The molecule has 1 aliphatic rings. The molecule has 1 fully saturated rings.